The van der Waals surface area contributed by atoms with Crippen LogP contribution in [0.5, 0.6) is 0 Å². The Hall–Kier alpha value is -0.160. The number of hydrogen-bond donors (Lipinski definition) is 3. The third-order valence-corrected chi connectivity index (χ3v) is 3.13. The summed E-state index contributed by atoms with van der Waals surface area (Å²) in [7, 11) is 0. The molecule has 1 heterocycles. The molecule has 0 aromatic rings. The number of rotatable bonds is 5. The van der Waals surface area contributed by atoms with E-state index < -0.39 is 0 Å². The molecule has 0 saturated carbocycles. The molecule has 0 atom stereocenters. The first kappa shape index (κ1) is 11.9. The summed E-state index contributed by atoms with van der Waals surface area (Å²) in [6, 6.07) is 0. The molecule has 4 nitrogen and oxygen atoms in total. The van der Waals surface area contributed by atoms with E-state index in [1.54, 1.807) is 0 Å². The molecule has 4 N–H and O–H groups in total. The molecule has 1 aliphatic rings. The number of hydrazine groups is 1. The Balaban J connectivity index is 2.29. The van der Waals surface area contributed by atoms with Crippen molar-refractivity contribution in [2.24, 2.45) is 17.2 Å². The van der Waals surface area contributed by atoms with Crippen LogP contribution in [-0.4, -0.2) is 26.4 Å². The highest BCUT2D eigenvalue weighted by atomic mass is 16.5. The summed E-state index contributed by atoms with van der Waals surface area (Å²) in [4.78, 5) is 0. The van der Waals surface area contributed by atoms with Crippen LogP contribution in [0.25, 0.3) is 0 Å². The van der Waals surface area contributed by atoms with Gasteiger partial charge in [-0.2, -0.15) is 0 Å². The number of nitrogens with one attached hydrogen (secondary N) is 2. The molecule has 1 fully saturated rings. The maximum absolute atomic E-state index is 5.37. The summed E-state index contributed by atoms with van der Waals surface area (Å²) >= 11 is 0. The van der Waals surface area contributed by atoms with Crippen molar-refractivity contribution in [1.29, 1.82) is 0 Å². The first-order valence-electron chi connectivity index (χ1n) is 5.39. The summed E-state index contributed by atoms with van der Waals surface area (Å²) in [5, 5.41) is 3.30. The fourth-order valence-corrected chi connectivity index (χ4v) is 2.08. The molecule has 1 rings (SSSR count). The van der Waals surface area contributed by atoms with E-state index in [1.807, 2.05) is 0 Å². The molecule has 0 aromatic carbocycles. The fraction of sp³-hybridized carbons (Fsp3) is 1.00. The van der Waals surface area contributed by atoms with Gasteiger partial charge in [0.15, 0.2) is 0 Å². The van der Waals surface area contributed by atoms with Gasteiger partial charge in [-0.15, -0.1) is 0 Å². The van der Waals surface area contributed by atoms with Gasteiger partial charge in [0.05, 0.1) is 6.67 Å². The van der Waals surface area contributed by atoms with Crippen LogP contribution in [-0.2, 0) is 4.74 Å². The summed E-state index contributed by atoms with van der Waals surface area (Å²) < 4.78 is 5.37. The zero-order chi connectivity index (χ0) is 10.4. The molecule has 84 valence electrons. The Labute approximate surface area is 86.5 Å². The summed E-state index contributed by atoms with van der Waals surface area (Å²) in [6.45, 7) is 8.14. The first-order chi connectivity index (χ1) is 6.67. The predicted octanol–water partition coefficient (Wildman–Crippen LogP) is 0.450. The van der Waals surface area contributed by atoms with E-state index in [4.69, 9.17) is 10.6 Å². The van der Waals surface area contributed by atoms with E-state index in [1.165, 1.54) is 12.8 Å². The molecule has 0 bridgehead atoms. The minimum Gasteiger partial charge on any atom is -0.381 e. The SMILES string of the molecule is CC(C)(CNCNN)C1CCOCC1. The molecule has 0 unspecified atom stereocenters. The largest absolute Gasteiger partial charge is 0.381 e. The van der Waals surface area contributed by atoms with Gasteiger partial charge < -0.3 is 10.1 Å². The second-order valence-electron chi connectivity index (χ2n) is 4.68. The predicted molar refractivity (Wildman–Crippen MR) is 57.5 cm³/mol. The van der Waals surface area contributed by atoms with Gasteiger partial charge in [-0.05, 0) is 24.2 Å². The van der Waals surface area contributed by atoms with Crippen LogP contribution in [0.3, 0.4) is 0 Å². The standard InChI is InChI=1S/C10H23N3O/c1-10(2,7-12-8-13-11)9-3-5-14-6-4-9/h9,12-13H,3-8,11H2,1-2H3. The van der Waals surface area contributed by atoms with Crippen molar-refractivity contribution in [3.8, 4) is 0 Å². The van der Waals surface area contributed by atoms with Crippen LogP contribution in [0.15, 0.2) is 0 Å². The zero-order valence-electron chi connectivity index (χ0n) is 9.31. The summed E-state index contributed by atoms with van der Waals surface area (Å²) in [5.74, 6) is 5.97. The molecule has 4 heteroatoms. The quantitative estimate of drug-likeness (QED) is 0.262. The van der Waals surface area contributed by atoms with Gasteiger partial charge >= 0.3 is 0 Å². The van der Waals surface area contributed by atoms with Crippen molar-refractivity contribution < 1.29 is 4.74 Å². The Morgan fingerprint density at radius 3 is 2.57 bits per heavy atom. The second kappa shape index (κ2) is 5.66. The van der Waals surface area contributed by atoms with E-state index in [-0.39, 0.29) is 0 Å². The molecule has 14 heavy (non-hydrogen) atoms. The molecule has 0 aliphatic carbocycles. The van der Waals surface area contributed by atoms with Gasteiger partial charge in [-0.1, -0.05) is 13.8 Å². The number of hydrogen-bond acceptors (Lipinski definition) is 4. The molecule has 1 saturated heterocycles. The lowest BCUT2D eigenvalue weighted by atomic mass is 9.74. The highest BCUT2D eigenvalue weighted by Crippen LogP contribution is 2.33. The van der Waals surface area contributed by atoms with Crippen molar-refractivity contribution in [2.45, 2.75) is 26.7 Å². The lowest BCUT2D eigenvalue weighted by Crippen LogP contribution is -2.42. The highest BCUT2D eigenvalue weighted by molar-refractivity contribution is 4.81. The van der Waals surface area contributed by atoms with Crippen LogP contribution in [0.4, 0.5) is 0 Å². The van der Waals surface area contributed by atoms with Gasteiger partial charge in [0, 0.05) is 19.8 Å². The van der Waals surface area contributed by atoms with E-state index in [2.05, 4.69) is 24.6 Å². The molecular formula is C10H23N3O. The molecule has 0 aromatic heterocycles. The molecule has 0 amide bonds. The summed E-state index contributed by atoms with van der Waals surface area (Å²) in [6.07, 6.45) is 2.37. The van der Waals surface area contributed by atoms with Crippen LogP contribution in [0, 0.1) is 11.3 Å². The Morgan fingerprint density at radius 2 is 2.00 bits per heavy atom. The topological polar surface area (TPSA) is 59.3 Å². The second-order valence-corrected chi connectivity index (χ2v) is 4.68. The number of nitrogens with two attached hydrogens (primary N) is 1. The van der Waals surface area contributed by atoms with Crippen LogP contribution in [0.2, 0.25) is 0 Å². The summed E-state index contributed by atoms with van der Waals surface area (Å²) in [5.41, 5.74) is 2.94. The van der Waals surface area contributed by atoms with Crippen molar-refractivity contribution in [3.05, 3.63) is 0 Å². The third kappa shape index (κ3) is 3.53. The Kier molecular flexibility index (Phi) is 4.81. The van der Waals surface area contributed by atoms with Crippen LogP contribution >= 0.6 is 0 Å². The molecule has 1 aliphatic heterocycles. The van der Waals surface area contributed by atoms with Crippen molar-refractivity contribution in [1.82, 2.24) is 10.7 Å². The Bertz CT molecular complexity index is 155. The fourth-order valence-electron chi connectivity index (χ4n) is 2.08. The van der Waals surface area contributed by atoms with Crippen molar-refractivity contribution in [3.63, 3.8) is 0 Å². The molecular weight excluding hydrogens is 178 g/mol. The molecule has 0 radical (unpaired) electrons. The first-order valence-corrected chi connectivity index (χ1v) is 5.39. The minimum absolute atomic E-state index is 0.334. The zero-order valence-corrected chi connectivity index (χ0v) is 9.31. The van der Waals surface area contributed by atoms with E-state index in [0.717, 1.165) is 25.7 Å². The smallest absolute Gasteiger partial charge is 0.0587 e. The monoisotopic (exact) mass is 201 g/mol. The lowest BCUT2D eigenvalue weighted by molar-refractivity contribution is 0.0227. The third-order valence-electron chi connectivity index (χ3n) is 3.13. The van der Waals surface area contributed by atoms with Crippen molar-refractivity contribution >= 4 is 0 Å². The van der Waals surface area contributed by atoms with Crippen LogP contribution < -0.4 is 16.6 Å². The average Bonchev–Trinajstić information content (AvgIpc) is 2.19. The minimum atomic E-state index is 0.334. The Morgan fingerprint density at radius 1 is 1.36 bits per heavy atom. The average molecular weight is 201 g/mol. The van der Waals surface area contributed by atoms with Gasteiger partial charge in [0.2, 0.25) is 0 Å². The molecule has 0 spiro atoms. The van der Waals surface area contributed by atoms with E-state index in [0.29, 0.717) is 12.1 Å². The number of ether oxygens (including phenoxy) is 1. The van der Waals surface area contributed by atoms with E-state index in [9.17, 15) is 0 Å². The van der Waals surface area contributed by atoms with Gasteiger partial charge in [0.25, 0.3) is 0 Å². The van der Waals surface area contributed by atoms with Gasteiger partial charge in [0.1, 0.15) is 0 Å². The highest BCUT2D eigenvalue weighted by Gasteiger charge is 2.30. The van der Waals surface area contributed by atoms with E-state index >= 15 is 0 Å². The normalized spacial score (nSPS) is 19.9. The van der Waals surface area contributed by atoms with Gasteiger partial charge in [-0.3, -0.25) is 5.84 Å². The van der Waals surface area contributed by atoms with Gasteiger partial charge in [-0.25, -0.2) is 5.43 Å². The van der Waals surface area contributed by atoms with Crippen LogP contribution in [0.1, 0.15) is 26.7 Å². The van der Waals surface area contributed by atoms with Crippen molar-refractivity contribution in [2.75, 3.05) is 26.4 Å². The lowest BCUT2D eigenvalue weighted by Gasteiger charge is -2.37. The maximum Gasteiger partial charge on any atom is 0.0587 e. The maximum atomic E-state index is 5.37.